The maximum atomic E-state index is 7.13. The summed E-state index contributed by atoms with van der Waals surface area (Å²) >= 11 is 0. The van der Waals surface area contributed by atoms with Crippen LogP contribution in [-0.2, 0) is 0 Å². The van der Waals surface area contributed by atoms with Crippen LogP contribution in [0.5, 0.6) is 0 Å². The molecule has 4 N–H and O–H groups in total. The fourth-order valence-corrected chi connectivity index (χ4v) is 11.6. The summed E-state index contributed by atoms with van der Waals surface area (Å²) < 4.78 is 4.75. The molecule has 0 spiro atoms. The van der Waals surface area contributed by atoms with E-state index in [0.717, 1.165) is 89.0 Å². The number of aromatic nitrogens is 4. The molecule has 0 amide bonds. The number of H-pyrrole nitrogens is 2. The van der Waals surface area contributed by atoms with Gasteiger partial charge in [0.15, 0.2) is 0 Å². The number of benzene rings is 11. The van der Waals surface area contributed by atoms with Crippen LogP contribution in [0.3, 0.4) is 0 Å². The molecule has 0 fully saturated rings. The molecular formula is C66H43N5. The molecule has 0 aliphatic heterocycles. The molecule has 0 saturated carbocycles. The summed E-state index contributed by atoms with van der Waals surface area (Å²) in [4.78, 5) is 7.65. The molecule has 71 heavy (non-hydrogen) atoms. The third kappa shape index (κ3) is 6.00. The Bertz CT molecular complexity index is 4530. The number of rotatable bonds is 6. The fourth-order valence-electron chi connectivity index (χ4n) is 11.6. The van der Waals surface area contributed by atoms with Crippen molar-refractivity contribution >= 4 is 92.9 Å². The second-order valence-corrected chi connectivity index (χ2v) is 18.9. The Labute approximate surface area is 408 Å². The molecule has 0 aliphatic rings. The normalized spacial score (nSPS) is 12.0. The highest BCUT2D eigenvalue weighted by Crippen LogP contribution is 2.44. The quantitative estimate of drug-likeness (QED) is 0.143. The molecule has 0 bridgehead atoms. The summed E-state index contributed by atoms with van der Waals surface area (Å²) in [5, 5.41) is 9.74. The van der Waals surface area contributed by atoms with E-state index in [1.807, 2.05) is 0 Å². The molecule has 5 heteroatoms. The average molecular weight is 906 g/mol. The lowest BCUT2D eigenvalue weighted by Crippen LogP contribution is -1.95. The third-order valence-corrected chi connectivity index (χ3v) is 15.0. The van der Waals surface area contributed by atoms with Crippen LogP contribution < -0.4 is 5.73 Å². The molecule has 0 aliphatic carbocycles. The van der Waals surface area contributed by atoms with Crippen molar-refractivity contribution in [1.29, 1.82) is 0 Å². The number of aromatic amines is 2. The first kappa shape index (κ1) is 39.4. The van der Waals surface area contributed by atoms with E-state index in [9.17, 15) is 0 Å². The topological polar surface area (TPSA) is 67.5 Å². The molecule has 15 rings (SSSR count). The molecule has 11 aromatic carbocycles. The van der Waals surface area contributed by atoms with Gasteiger partial charge < -0.3 is 24.8 Å². The predicted octanol–water partition coefficient (Wildman–Crippen LogP) is 17.4. The third-order valence-electron chi connectivity index (χ3n) is 15.0. The average Bonchev–Trinajstić information content (AvgIpc) is 4.19. The summed E-state index contributed by atoms with van der Waals surface area (Å²) in [7, 11) is 0. The van der Waals surface area contributed by atoms with Crippen molar-refractivity contribution in [2.24, 2.45) is 0 Å². The molecule has 5 nitrogen and oxygen atoms in total. The van der Waals surface area contributed by atoms with Crippen molar-refractivity contribution in [2.75, 3.05) is 5.73 Å². The molecule has 15 aromatic rings. The molecule has 332 valence electrons. The first-order valence-corrected chi connectivity index (χ1v) is 24.3. The van der Waals surface area contributed by atoms with Gasteiger partial charge >= 0.3 is 0 Å². The van der Waals surface area contributed by atoms with Crippen LogP contribution in [0.2, 0.25) is 0 Å². The van der Waals surface area contributed by atoms with E-state index in [0.29, 0.717) is 0 Å². The van der Waals surface area contributed by atoms with Gasteiger partial charge in [0.2, 0.25) is 0 Å². The number of hydrogen-bond donors (Lipinski definition) is 3. The molecule has 0 atom stereocenters. The van der Waals surface area contributed by atoms with E-state index in [-0.39, 0.29) is 0 Å². The van der Waals surface area contributed by atoms with Gasteiger partial charge in [-0.1, -0.05) is 140 Å². The summed E-state index contributed by atoms with van der Waals surface area (Å²) in [6, 6.07) is 85.8. The van der Waals surface area contributed by atoms with Gasteiger partial charge in [0.1, 0.15) is 0 Å². The number of anilines is 1. The Morgan fingerprint density at radius 2 is 0.620 bits per heavy atom. The number of para-hydroxylation sites is 6. The zero-order valence-corrected chi connectivity index (χ0v) is 38.5. The van der Waals surface area contributed by atoms with Crippen LogP contribution in [0, 0.1) is 0 Å². The van der Waals surface area contributed by atoms with Gasteiger partial charge in [-0.25, -0.2) is 0 Å². The van der Waals surface area contributed by atoms with Crippen LogP contribution in [0.4, 0.5) is 5.69 Å². The highest BCUT2D eigenvalue weighted by atomic mass is 15.0. The SMILES string of the molecule is Nc1ccc(-c2cc(-c3ccc(-n4c5ccccc5c5ccccc54)cc3)cc3c2[nH]c2ccccc23)cc1-c1cc(-c2ccc(-n3c4ccccc4c4ccccc43)cc2)cc2c1[nH]c1ccccc12. The van der Waals surface area contributed by atoms with E-state index in [1.165, 1.54) is 59.8 Å². The second kappa shape index (κ2) is 15.2. The predicted molar refractivity (Wildman–Crippen MR) is 300 cm³/mol. The Balaban J connectivity index is 0.881. The summed E-state index contributed by atoms with van der Waals surface area (Å²) in [6.45, 7) is 0. The Morgan fingerprint density at radius 1 is 0.268 bits per heavy atom. The lowest BCUT2D eigenvalue weighted by Gasteiger charge is -2.15. The molecule has 4 heterocycles. The lowest BCUT2D eigenvalue weighted by atomic mass is 9.91. The summed E-state index contributed by atoms with van der Waals surface area (Å²) in [6.07, 6.45) is 0. The minimum Gasteiger partial charge on any atom is -0.398 e. The minimum atomic E-state index is 0.720. The smallest absolute Gasteiger partial charge is 0.0545 e. The molecule has 0 radical (unpaired) electrons. The lowest BCUT2D eigenvalue weighted by molar-refractivity contribution is 1.18. The van der Waals surface area contributed by atoms with Gasteiger partial charge in [0.25, 0.3) is 0 Å². The van der Waals surface area contributed by atoms with E-state index in [1.54, 1.807) is 0 Å². The van der Waals surface area contributed by atoms with Crippen molar-refractivity contribution in [3.8, 4) is 55.9 Å². The first-order chi connectivity index (χ1) is 35.1. The maximum absolute atomic E-state index is 7.13. The zero-order chi connectivity index (χ0) is 46.7. The van der Waals surface area contributed by atoms with Crippen molar-refractivity contribution in [2.45, 2.75) is 0 Å². The van der Waals surface area contributed by atoms with Gasteiger partial charge in [0, 0.05) is 87.9 Å². The highest BCUT2D eigenvalue weighted by Gasteiger charge is 2.20. The van der Waals surface area contributed by atoms with Crippen LogP contribution in [0.1, 0.15) is 0 Å². The van der Waals surface area contributed by atoms with Crippen LogP contribution in [-0.4, -0.2) is 19.1 Å². The Morgan fingerprint density at radius 3 is 1.07 bits per heavy atom. The number of nitrogens with two attached hydrogens (primary N) is 1. The van der Waals surface area contributed by atoms with Gasteiger partial charge in [-0.2, -0.15) is 0 Å². The summed E-state index contributed by atoms with van der Waals surface area (Å²) in [5.74, 6) is 0. The van der Waals surface area contributed by atoms with E-state index in [2.05, 4.69) is 256 Å². The van der Waals surface area contributed by atoms with Gasteiger partial charge in [-0.3, -0.25) is 0 Å². The van der Waals surface area contributed by atoms with Crippen molar-refractivity contribution in [1.82, 2.24) is 19.1 Å². The highest BCUT2D eigenvalue weighted by molar-refractivity contribution is 6.17. The monoisotopic (exact) mass is 905 g/mol. The standard InChI is InChI=1S/C66H43N5/c67-58-34-29-42(53-36-43(37-55-47-13-1-7-19-59(47)68-65(53)55)40-25-30-45(31-26-40)70-61-21-9-3-15-49(61)50-16-4-10-22-62(50)70)35-54(58)57-39-44(38-56-48-14-2-8-20-60(48)69-66(56)57)41-27-32-46(33-28-41)71-63-23-11-5-17-51(63)52-18-6-12-24-64(52)71/h1-39,68-69H,67H2. The second-order valence-electron chi connectivity index (χ2n) is 18.9. The molecule has 0 unspecified atom stereocenters. The van der Waals surface area contributed by atoms with Crippen LogP contribution in [0.15, 0.2) is 237 Å². The number of hydrogen-bond acceptors (Lipinski definition) is 1. The van der Waals surface area contributed by atoms with Crippen molar-refractivity contribution in [3.05, 3.63) is 237 Å². The minimum absolute atomic E-state index is 0.720. The van der Waals surface area contributed by atoms with Gasteiger partial charge in [-0.05, 0) is 125 Å². The van der Waals surface area contributed by atoms with E-state index in [4.69, 9.17) is 5.73 Å². The Kier molecular flexibility index (Phi) is 8.45. The molecule has 4 aromatic heterocycles. The fraction of sp³-hybridized carbons (Fsp3) is 0. The first-order valence-electron chi connectivity index (χ1n) is 24.3. The Hall–Kier alpha value is -9.58. The van der Waals surface area contributed by atoms with Gasteiger partial charge in [-0.15, -0.1) is 0 Å². The van der Waals surface area contributed by atoms with Crippen molar-refractivity contribution in [3.63, 3.8) is 0 Å². The van der Waals surface area contributed by atoms with E-state index >= 15 is 0 Å². The van der Waals surface area contributed by atoms with Crippen molar-refractivity contribution < 1.29 is 0 Å². The molecule has 0 saturated heterocycles. The van der Waals surface area contributed by atoms with Crippen LogP contribution in [0.25, 0.3) is 143 Å². The van der Waals surface area contributed by atoms with E-state index < -0.39 is 0 Å². The number of nitrogen functional groups attached to an aromatic ring is 1. The largest absolute Gasteiger partial charge is 0.398 e. The number of fused-ring (bicyclic) bond motifs is 12. The maximum Gasteiger partial charge on any atom is 0.0545 e. The van der Waals surface area contributed by atoms with Crippen LogP contribution >= 0.6 is 0 Å². The summed E-state index contributed by atoms with van der Waals surface area (Å²) in [5.41, 5.74) is 28.1. The number of nitrogens with one attached hydrogen (secondary N) is 2. The molecular weight excluding hydrogens is 863 g/mol. The zero-order valence-electron chi connectivity index (χ0n) is 38.5. The van der Waals surface area contributed by atoms with Gasteiger partial charge in [0.05, 0.1) is 33.1 Å². The number of nitrogens with zero attached hydrogens (tertiary/aromatic N) is 2.